The molecular formula is C8H14ClN3O2. The average Bonchev–Trinajstić information content (AvgIpc) is 2.62. The van der Waals surface area contributed by atoms with Crippen molar-refractivity contribution in [1.29, 1.82) is 0 Å². The highest BCUT2D eigenvalue weighted by Gasteiger charge is 2.10. The van der Waals surface area contributed by atoms with Crippen LogP contribution in [0.3, 0.4) is 0 Å². The van der Waals surface area contributed by atoms with E-state index in [1.807, 2.05) is 7.05 Å². The highest BCUT2D eigenvalue weighted by molar-refractivity contribution is 6.16. The summed E-state index contributed by atoms with van der Waals surface area (Å²) in [6.07, 6.45) is 0.336. The van der Waals surface area contributed by atoms with Crippen molar-refractivity contribution in [2.45, 2.75) is 25.3 Å². The lowest BCUT2D eigenvalue weighted by Gasteiger charge is -2.14. The molecule has 80 valence electrons. The van der Waals surface area contributed by atoms with Crippen LogP contribution in [0.1, 0.15) is 19.2 Å². The number of aliphatic hydroxyl groups is 1. The van der Waals surface area contributed by atoms with Gasteiger partial charge in [-0.3, -0.25) is 0 Å². The van der Waals surface area contributed by atoms with Crippen molar-refractivity contribution in [2.75, 3.05) is 18.5 Å². The third-order valence-electron chi connectivity index (χ3n) is 1.78. The molecule has 1 rings (SSSR count). The van der Waals surface area contributed by atoms with E-state index < -0.39 is 0 Å². The molecule has 0 saturated heterocycles. The van der Waals surface area contributed by atoms with Crippen LogP contribution in [0.2, 0.25) is 0 Å². The van der Waals surface area contributed by atoms with Crippen LogP contribution >= 0.6 is 11.6 Å². The van der Waals surface area contributed by atoms with Crippen LogP contribution in [0.15, 0.2) is 4.42 Å². The van der Waals surface area contributed by atoms with Gasteiger partial charge in [0.2, 0.25) is 5.89 Å². The molecule has 6 heteroatoms. The Balaban J connectivity index is 2.47. The Morgan fingerprint density at radius 3 is 2.79 bits per heavy atom. The summed E-state index contributed by atoms with van der Waals surface area (Å²) in [5, 5.41) is 16.6. The number of alkyl halides is 1. The van der Waals surface area contributed by atoms with Gasteiger partial charge in [-0.25, -0.2) is 0 Å². The number of rotatable bonds is 5. The Bertz CT molecular complexity index is 277. The van der Waals surface area contributed by atoms with Gasteiger partial charge in [-0.05, 0) is 13.3 Å². The minimum absolute atomic E-state index is 0.219. The maximum atomic E-state index is 9.09. The number of nitrogens with zero attached hydrogens (tertiary/aromatic N) is 3. The second kappa shape index (κ2) is 5.17. The predicted molar refractivity (Wildman–Crippen MR) is 53.4 cm³/mol. The smallest absolute Gasteiger partial charge is 0.317 e. The number of aliphatic hydroxyl groups excluding tert-OH is 1. The predicted octanol–water partition coefficient (Wildman–Crippen LogP) is 1.02. The van der Waals surface area contributed by atoms with E-state index in [1.54, 1.807) is 11.8 Å². The lowest BCUT2D eigenvalue weighted by molar-refractivity contribution is 0.186. The Morgan fingerprint density at radius 2 is 2.29 bits per heavy atom. The van der Waals surface area contributed by atoms with Gasteiger partial charge in [0.1, 0.15) is 5.88 Å². The molecule has 0 spiro atoms. The van der Waals surface area contributed by atoms with Gasteiger partial charge < -0.3 is 14.4 Å². The molecule has 0 fully saturated rings. The molecule has 0 bridgehead atoms. The zero-order valence-electron chi connectivity index (χ0n) is 8.27. The molecule has 0 radical (unpaired) electrons. The van der Waals surface area contributed by atoms with Gasteiger partial charge in [0.25, 0.3) is 0 Å². The maximum absolute atomic E-state index is 9.09. The number of hydrogen-bond acceptors (Lipinski definition) is 5. The fraction of sp³-hybridized carbons (Fsp3) is 0.750. The molecular weight excluding hydrogens is 206 g/mol. The van der Waals surface area contributed by atoms with E-state index in [0.717, 1.165) is 0 Å². The molecule has 0 aliphatic heterocycles. The summed E-state index contributed by atoms with van der Waals surface area (Å²) in [5.74, 6) is 0.627. The van der Waals surface area contributed by atoms with Gasteiger partial charge in [0.05, 0.1) is 6.10 Å². The summed E-state index contributed by atoms with van der Waals surface area (Å²) in [4.78, 5) is 1.79. The van der Waals surface area contributed by atoms with Crippen molar-refractivity contribution in [3.63, 3.8) is 0 Å². The van der Waals surface area contributed by atoms with Crippen LogP contribution in [0, 0.1) is 0 Å². The van der Waals surface area contributed by atoms with Gasteiger partial charge in [0.15, 0.2) is 0 Å². The molecule has 0 saturated carbocycles. The van der Waals surface area contributed by atoms with Gasteiger partial charge in [-0.1, -0.05) is 5.10 Å². The van der Waals surface area contributed by atoms with Crippen molar-refractivity contribution in [3.05, 3.63) is 5.89 Å². The fourth-order valence-electron chi connectivity index (χ4n) is 0.929. The Kier molecular flexibility index (Phi) is 4.16. The van der Waals surface area contributed by atoms with Crippen LogP contribution in [-0.2, 0) is 5.88 Å². The largest absolute Gasteiger partial charge is 0.407 e. The number of hydrogen-bond donors (Lipinski definition) is 1. The second-order valence-electron chi connectivity index (χ2n) is 3.17. The van der Waals surface area contributed by atoms with E-state index >= 15 is 0 Å². The van der Waals surface area contributed by atoms with E-state index in [9.17, 15) is 0 Å². The Labute approximate surface area is 87.7 Å². The molecule has 0 aliphatic rings. The summed E-state index contributed by atoms with van der Waals surface area (Å²) in [6, 6.07) is 0.432. The molecule has 1 atom stereocenters. The molecule has 0 aliphatic carbocycles. The number of halogens is 1. The monoisotopic (exact) mass is 219 g/mol. The molecule has 1 N–H and O–H groups in total. The fourth-order valence-corrected chi connectivity index (χ4v) is 1.04. The highest BCUT2D eigenvalue weighted by Crippen LogP contribution is 2.12. The summed E-state index contributed by atoms with van der Waals surface area (Å²) in [5.41, 5.74) is 0. The summed E-state index contributed by atoms with van der Waals surface area (Å²) in [6.45, 7) is 2.41. The molecule has 1 unspecified atom stereocenters. The second-order valence-corrected chi connectivity index (χ2v) is 3.44. The molecule has 0 amide bonds. The first kappa shape index (κ1) is 11.3. The van der Waals surface area contributed by atoms with Crippen molar-refractivity contribution >= 4 is 17.6 Å². The maximum Gasteiger partial charge on any atom is 0.317 e. The van der Waals surface area contributed by atoms with E-state index in [4.69, 9.17) is 21.1 Å². The molecule has 1 aromatic rings. The van der Waals surface area contributed by atoms with E-state index in [-0.39, 0.29) is 12.0 Å². The van der Waals surface area contributed by atoms with Crippen molar-refractivity contribution in [3.8, 4) is 0 Å². The molecule has 14 heavy (non-hydrogen) atoms. The van der Waals surface area contributed by atoms with Crippen LogP contribution in [0.25, 0.3) is 0 Å². The SMILES string of the molecule is CC(O)CCN(C)c1nnc(CCl)o1. The van der Waals surface area contributed by atoms with E-state index in [1.165, 1.54) is 0 Å². The average molecular weight is 220 g/mol. The molecule has 1 heterocycles. The van der Waals surface area contributed by atoms with E-state index in [0.29, 0.717) is 24.9 Å². The number of anilines is 1. The van der Waals surface area contributed by atoms with Crippen LogP contribution in [0.5, 0.6) is 0 Å². The normalized spacial score (nSPS) is 12.9. The Hall–Kier alpha value is -0.810. The van der Waals surface area contributed by atoms with Gasteiger partial charge in [-0.2, -0.15) is 0 Å². The van der Waals surface area contributed by atoms with Gasteiger partial charge in [-0.15, -0.1) is 16.7 Å². The summed E-state index contributed by atoms with van der Waals surface area (Å²) < 4.78 is 5.22. The summed E-state index contributed by atoms with van der Waals surface area (Å²) in [7, 11) is 1.83. The topological polar surface area (TPSA) is 62.4 Å². The van der Waals surface area contributed by atoms with Crippen LogP contribution in [-0.4, -0.2) is 35.0 Å². The minimum Gasteiger partial charge on any atom is -0.407 e. The van der Waals surface area contributed by atoms with Gasteiger partial charge >= 0.3 is 6.01 Å². The molecule has 1 aromatic heterocycles. The zero-order chi connectivity index (χ0) is 10.6. The van der Waals surface area contributed by atoms with Crippen molar-refractivity contribution in [2.24, 2.45) is 0 Å². The standard InChI is InChI=1S/C8H14ClN3O2/c1-6(13)3-4-12(2)8-11-10-7(5-9)14-8/h6,13H,3-5H2,1-2H3. The third-order valence-corrected chi connectivity index (χ3v) is 2.01. The van der Waals surface area contributed by atoms with Crippen LogP contribution < -0.4 is 4.90 Å². The first-order valence-corrected chi connectivity index (χ1v) is 4.94. The first-order valence-electron chi connectivity index (χ1n) is 4.41. The molecule has 5 nitrogen and oxygen atoms in total. The quantitative estimate of drug-likeness (QED) is 0.750. The van der Waals surface area contributed by atoms with Crippen molar-refractivity contribution in [1.82, 2.24) is 10.2 Å². The summed E-state index contributed by atoms with van der Waals surface area (Å²) >= 11 is 5.52. The number of aromatic nitrogens is 2. The van der Waals surface area contributed by atoms with Crippen molar-refractivity contribution < 1.29 is 9.52 Å². The minimum atomic E-state index is -0.326. The Morgan fingerprint density at radius 1 is 1.57 bits per heavy atom. The molecule has 0 aromatic carbocycles. The first-order chi connectivity index (χ1) is 6.63. The zero-order valence-corrected chi connectivity index (χ0v) is 9.03. The van der Waals surface area contributed by atoms with E-state index in [2.05, 4.69) is 10.2 Å². The lowest BCUT2D eigenvalue weighted by atomic mass is 10.3. The highest BCUT2D eigenvalue weighted by atomic mass is 35.5. The van der Waals surface area contributed by atoms with Crippen LogP contribution in [0.4, 0.5) is 6.01 Å². The lowest BCUT2D eigenvalue weighted by Crippen LogP contribution is -2.22. The van der Waals surface area contributed by atoms with Gasteiger partial charge in [0, 0.05) is 13.6 Å². The third kappa shape index (κ3) is 3.16.